The van der Waals surface area contributed by atoms with Crippen molar-refractivity contribution in [2.75, 3.05) is 5.32 Å². The van der Waals surface area contributed by atoms with E-state index in [0.29, 0.717) is 30.6 Å². The molecule has 0 saturated heterocycles. The maximum absolute atomic E-state index is 12.8. The van der Waals surface area contributed by atoms with Gasteiger partial charge in [0.15, 0.2) is 0 Å². The van der Waals surface area contributed by atoms with E-state index in [-0.39, 0.29) is 17.9 Å². The van der Waals surface area contributed by atoms with Gasteiger partial charge in [-0.1, -0.05) is 43.3 Å². The van der Waals surface area contributed by atoms with E-state index in [2.05, 4.69) is 20.7 Å². The fourth-order valence-corrected chi connectivity index (χ4v) is 2.85. The second-order valence-electron chi connectivity index (χ2n) is 6.37. The first kappa shape index (κ1) is 19.3. The molecule has 1 aromatic heterocycles. The third-order valence-electron chi connectivity index (χ3n) is 4.35. The summed E-state index contributed by atoms with van der Waals surface area (Å²) >= 11 is 0. The molecule has 2 N–H and O–H groups in total. The van der Waals surface area contributed by atoms with Crippen LogP contribution in [0.4, 0.5) is 5.69 Å². The Hall–Kier alpha value is -3.48. The van der Waals surface area contributed by atoms with Gasteiger partial charge in [-0.25, -0.2) is 4.98 Å². The summed E-state index contributed by atoms with van der Waals surface area (Å²) in [5.74, 6) is -0.285. The van der Waals surface area contributed by atoms with Gasteiger partial charge in [-0.3, -0.25) is 14.3 Å². The van der Waals surface area contributed by atoms with Crippen LogP contribution in [0.3, 0.4) is 0 Å². The van der Waals surface area contributed by atoms with E-state index >= 15 is 0 Å². The van der Waals surface area contributed by atoms with Crippen molar-refractivity contribution in [3.63, 3.8) is 0 Å². The lowest BCUT2D eigenvalue weighted by Crippen LogP contribution is -2.29. The smallest absolute Gasteiger partial charge is 0.251 e. The van der Waals surface area contributed by atoms with E-state index in [9.17, 15) is 9.59 Å². The molecule has 3 rings (SSSR count). The highest BCUT2D eigenvalue weighted by molar-refractivity contribution is 5.97. The molecule has 7 heteroatoms. The van der Waals surface area contributed by atoms with E-state index in [1.807, 2.05) is 30.3 Å². The predicted octanol–water partition coefficient (Wildman–Crippen LogP) is 3.19. The number of benzene rings is 2. The Morgan fingerprint density at radius 3 is 2.64 bits per heavy atom. The molecule has 7 nitrogen and oxygen atoms in total. The summed E-state index contributed by atoms with van der Waals surface area (Å²) in [5, 5.41) is 9.99. The van der Waals surface area contributed by atoms with Crippen LogP contribution in [0.1, 0.15) is 41.7 Å². The Bertz CT molecular complexity index is 910. The van der Waals surface area contributed by atoms with E-state index in [1.165, 1.54) is 6.33 Å². The molecule has 0 spiro atoms. The molecule has 28 heavy (non-hydrogen) atoms. The van der Waals surface area contributed by atoms with Crippen LogP contribution in [0, 0.1) is 0 Å². The first-order valence-electron chi connectivity index (χ1n) is 9.24. The molecule has 0 aliphatic carbocycles. The molecule has 0 aliphatic rings. The zero-order valence-electron chi connectivity index (χ0n) is 15.7. The molecule has 0 unspecified atom stereocenters. The van der Waals surface area contributed by atoms with E-state index in [0.717, 1.165) is 5.56 Å². The summed E-state index contributed by atoms with van der Waals surface area (Å²) in [6, 6.07) is 16.6. The Morgan fingerprint density at radius 2 is 1.93 bits per heavy atom. The van der Waals surface area contributed by atoms with Crippen LogP contribution in [-0.2, 0) is 11.3 Å². The number of aryl methyl sites for hydroxylation is 1. The van der Waals surface area contributed by atoms with Crippen LogP contribution in [0.2, 0.25) is 0 Å². The lowest BCUT2D eigenvalue weighted by atomic mass is 10.0. The Balaban J connectivity index is 1.73. The maximum Gasteiger partial charge on any atom is 0.251 e. The second kappa shape index (κ2) is 9.45. The molecule has 0 fully saturated rings. The van der Waals surface area contributed by atoms with Gasteiger partial charge < -0.3 is 10.6 Å². The van der Waals surface area contributed by atoms with Gasteiger partial charge in [0.1, 0.15) is 12.7 Å². The van der Waals surface area contributed by atoms with Crippen molar-refractivity contribution in [1.82, 2.24) is 20.1 Å². The average Bonchev–Trinajstić information content (AvgIpc) is 3.25. The number of nitrogens with zero attached hydrogens (tertiary/aromatic N) is 3. The summed E-state index contributed by atoms with van der Waals surface area (Å²) in [6.07, 6.45) is 4.20. The molecule has 2 amide bonds. The molecule has 3 aromatic rings. The minimum absolute atomic E-state index is 0.0902. The number of amides is 2. The summed E-state index contributed by atoms with van der Waals surface area (Å²) in [5.41, 5.74) is 2.13. The van der Waals surface area contributed by atoms with Crippen molar-refractivity contribution in [2.45, 2.75) is 32.4 Å². The van der Waals surface area contributed by atoms with Crippen molar-refractivity contribution in [2.24, 2.45) is 0 Å². The van der Waals surface area contributed by atoms with Gasteiger partial charge in [0.25, 0.3) is 5.91 Å². The highest BCUT2D eigenvalue weighted by Gasteiger charge is 2.16. The highest BCUT2D eigenvalue weighted by Crippen LogP contribution is 2.19. The van der Waals surface area contributed by atoms with Crippen LogP contribution < -0.4 is 10.6 Å². The van der Waals surface area contributed by atoms with E-state index in [1.54, 1.807) is 42.2 Å². The molecule has 0 aliphatic heterocycles. The lowest BCUT2D eigenvalue weighted by molar-refractivity contribution is -0.115. The summed E-state index contributed by atoms with van der Waals surface area (Å²) in [7, 11) is 0. The van der Waals surface area contributed by atoms with Gasteiger partial charge in [0.05, 0.1) is 6.04 Å². The molecule has 1 heterocycles. The topological polar surface area (TPSA) is 88.9 Å². The van der Waals surface area contributed by atoms with Gasteiger partial charge in [0, 0.05) is 24.2 Å². The number of nitrogens with one attached hydrogen (secondary N) is 2. The van der Waals surface area contributed by atoms with Gasteiger partial charge in [-0.2, -0.15) is 5.10 Å². The first-order valence-corrected chi connectivity index (χ1v) is 9.24. The molecule has 144 valence electrons. The molecular weight excluding hydrogens is 354 g/mol. The van der Waals surface area contributed by atoms with E-state index in [4.69, 9.17) is 0 Å². The molecular formula is C21H23N5O2. The van der Waals surface area contributed by atoms with Crippen molar-refractivity contribution in [3.8, 4) is 0 Å². The monoisotopic (exact) mass is 377 g/mol. The van der Waals surface area contributed by atoms with Crippen molar-refractivity contribution in [3.05, 3.63) is 78.4 Å². The van der Waals surface area contributed by atoms with Crippen molar-refractivity contribution >= 4 is 17.5 Å². The minimum Gasteiger partial charge on any atom is -0.345 e. The second-order valence-corrected chi connectivity index (χ2v) is 6.37. The number of rotatable bonds is 8. The molecule has 0 radical (unpaired) electrons. The van der Waals surface area contributed by atoms with Crippen LogP contribution in [0.25, 0.3) is 0 Å². The summed E-state index contributed by atoms with van der Waals surface area (Å²) in [4.78, 5) is 28.4. The van der Waals surface area contributed by atoms with Gasteiger partial charge in [-0.05, 0) is 30.2 Å². The highest BCUT2D eigenvalue weighted by atomic mass is 16.2. The van der Waals surface area contributed by atoms with Crippen LogP contribution >= 0.6 is 0 Å². The number of anilines is 1. The van der Waals surface area contributed by atoms with Crippen LogP contribution in [-0.4, -0.2) is 26.6 Å². The number of aromatic nitrogens is 3. The number of carbonyl (C=O) groups excluding carboxylic acids is 2. The van der Waals surface area contributed by atoms with Gasteiger partial charge in [0.2, 0.25) is 5.91 Å². The molecule has 0 saturated carbocycles. The lowest BCUT2D eigenvalue weighted by Gasteiger charge is -2.19. The maximum atomic E-state index is 12.8. The zero-order valence-corrected chi connectivity index (χ0v) is 15.7. The SMILES string of the molecule is CCC(=O)Nc1cccc(C(=O)N[C@@H](CCn2cncn2)c2ccccc2)c1. The van der Waals surface area contributed by atoms with Gasteiger partial charge in [-0.15, -0.1) is 0 Å². The minimum atomic E-state index is -0.194. The number of hydrogen-bond acceptors (Lipinski definition) is 4. The third kappa shape index (κ3) is 5.26. The van der Waals surface area contributed by atoms with Crippen LogP contribution in [0.15, 0.2) is 67.3 Å². The summed E-state index contributed by atoms with van der Waals surface area (Å²) in [6.45, 7) is 2.41. The van der Waals surface area contributed by atoms with Gasteiger partial charge >= 0.3 is 0 Å². The number of carbonyl (C=O) groups is 2. The van der Waals surface area contributed by atoms with E-state index < -0.39 is 0 Å². The normalized spacial score (nSPS) is 11.6. The molecule has 0 bridgehead atoms. The Kier molecular flexibility index (Phi) is 6.51. The fraction of sp³-hybridized carbons (Fsp3) is 0.238. The Morgan fingerprint density at radius 1 is 1.11 bits per heavy atom. The quantitative estimate of drug-likeness (QED) is 0.631. The third-order valence-corrected chi connectivity index (χ3v) is 4.35. The largest absolute Gasteiger partial charge is 0.345 e. The standard InChI is InChI=1S/C21H23N5O2/c1-2-20(27)24-18-10-6-9-17(13-18)21(28)25-19(16-7-4-3-5-8-16)11-12-26-15-22-14-23-26/h3-10,13-15,19H,2,11-12H2,1H3,(H,24,27)(H,25,28)/t19-/m0/s1. The predicted molar refractivity (Wildman–Crippen MR) is 107 cm³/mol. The molecule has 1 atom stereocenters. The summed E-state index contributed by atoms with van der Waals surface area (Å²) < 4.78 is 1.74. The number of hydrogen-bond donors (Lipinski definition) is 2. The Labute approximate surface area is 163 Å². The zero-order chi connectivity index (χ0) is 19.8. The average molecular weight is 377 g/mol. The van der Waals surface area contributed by atoms with Crippen LogP contribution in [0.5, 0.6) is 0 Å². The fourth-order valence-electron chi connectivity index (χ4n) is 2.85. The first-order chi connectivity index (χ1) is 13.7. The van der Waals surface area contributed by atoms with Crippen molar-refractivity contribution < 1.29 is 9.59 Å². The van der Waals surface area contributed by atoms with Crippen molar-refractivity contribution in [1.29, 1.82) is 0 Å². The molecule has 2 aromatic carbocycles.